The van der Waals surface area contributed by atoms with E-state index in [2.05, 4.69) is 17.0 Å². The molecule has 28 heavy (non-hydrogen) atoms. The van der Waals surface area contributed by atoms with Crippen molar-refractivity contribution in [3.8, 4) is 0 Å². The molecule has 0 aliphatic carbocycles. The van der Waals surface area contributed by atoms with Crippen LogP contribution in [0.3, 0.4) is 0 Å². The number of hydrogen-bond acceptors (Lipinski definition) is 9. The van der Waals surface area contributed by atoms with Crippen molar-refractivity contribution >= 4 is 27.5 Å². The molecule has 0 radical (unpaired) electrons. The van der Waals surface area contributed by atoms with Crippen LogP contribution in [0.2, 0.25) is 0 Å². The third-order valence-corrected chi connectivity index (χ3v) is 5.13. The van der Waals surface area contributed by atoms with Crippen LogP contribution >= 0.6 is 11.3 Å². The van der Waals surface area contributed by atoms with Gasteiger partial charge in [0.2, 0.25) is 0 Å². The molecule has 0 aromatic carbocycles. The molecule has 11 heteroatoms. The molecule has 1 aliphatic rings. The summed E-state index contributed by atoms with van der Waals surface area (Å²) in [6, 6.07) is -0.433. The zero-order valence-electron chi connectivity index (χ0n) is 16.5. The molecule has 1 N–H and O–H groups in total. The van der Waals surface area contributed by atoms with Gasteiger partial charge in [0.05, 0.1) is 42.8 Å². The highest BCUT2D eigenvalue weighted by Gasteiger charge is 2.40. The van der Waals surface area contributed by atoms with Gasteiger partial charge in [0.15, 0.2) is 0 Å². The minimum absolute atomic E-state index is 0.0655. The molecule has 2 heterocycles. The maximum absolute atomic E-state index is 12.4. The summed E-state index contributed by atoms with van der Waals surface area (Å²) in [6.07, 6.45) is 1.56. The molecular formula is C17H27N3O6S2. The van der Waals surface area contributed by atoms with Crippen molar-refractivity contribution in [2.45, 2.75) is 51.5 Å². The topological polar surface area (TPSA) is 107 Å². The lowest BCUT2D eigenvalue weighted by molar-refractivity contribution is -0.0758. The molecular weight excluding hydrogens is 406 g/mol. The second-order valence-corrected chi connectivity index (χ2v) is 9.94. The zero-order chi connectivity index (χ0) is 20.9. The van der Waals surface area contributed by atoms with Crippen molar-refractivity contribution in [2.75, 3.05) is 19.4 Å². The Labute approximate surface area is 169 Å². The molecule has 1 amide bonds. The molecule has 1 aliphatic heterocycles. The van der Waals surface area contributed by atoms with Gasteiger partial charge in [-0.15, -0.1) is 11.3 Å². The predicted molar refractivity (Wildman–Crippen MR) is 105 cm³/mol. The van der Waals surface area contributed by atoms with Crippen LogP contribution in [-0.2, 0) is 30.4 Å². The van der Waals surface area contributed by atoms with E-state index in [0.717, 1.165) is 11.3 Å². The highest BCUT2D eigenvalue weighted by atomic mass is 32.2. The SMILES string of the molecule is C=CCOC(=O)N1C[C@H](OS(C)(=O)=O)C[C@H]1c1csc(CNOC(C)(C)C)n1. The second-order valence-electron chi connectivity index (χ2n) is 7.39. The second kappa shape index (κ2) is 9.31. The first kappa shape index (κ1) is 22.8. The molecule has 2 rings (SSSR count). The molecule has 1 aromatic rings. The van der Waals surface area contributed by atoms with Crippen LogP contribution in [0.25, 0.3) is 0 Å². The number of hydrogen-bond donors (Lipinski definition) is 1. The molecule has 9 nitrogen and oxygen atoms in total. The monoisotopic (exact) mass is 433 g/mol. The quantitative estimate of drug-likeness (QED) is 0.378. The number of amides is 1. The van der Waals surface area contributed by atoms with E-state index in [4.69, 9.17) is 13.8 Å². The summed E-state index contributed by atoms with van der Waals surface area (Å²) in [4.78, 5) is 23.9. The highest BCUT2D eigenvalue weighted by molar-refractivity contribution is 7.86. The molecule has 158 valence electrons. The number of ether oxygens (including phenoxy) is 1. The normalized spacial score (nSPS) is 20.4. The summed E-state index contributed by atoms with van der Waals surface area (Å²) in [5, 5.41) is 2.63. The van der Waals surface area contributed by atoms with Crippen molar-refractivity contribution in [3.05, 3.63) is 28.7 Å². The van der Waals surface area contributed by atoms with Gasteiger partial charge in [-0.1, -0.05) is 12.7 Å². The molecule has 2 atom stereocenters. The van der Waals surface area contributed by atoms with Crippen LogP contribution in [0.5, 0.6) is 0 Å². The Bertz CT molecular complexity index is 787. The Morgan fingerprint density at radius 1 is 1.50 bits per heavy atom. The number of carbonyl (C=O) groups excluding carboxylic acids is 1. The van der Waals surface area contributed by atoms with Crippen molar-refractivity contribution in [1.82, 2.24) is 15.4 Å². The summed E-state index contributed by atoms with van der Waals surface area (Å²) in [7, 11) is -3.64. The van der Waals surface area contributed by atoms with Crippen molar-refractivity contribution in [3.63, 3.8) is 0 Å². The molecule has 1 aromatic heterocycles. The fourth-order valence-electron chi connectivity index (χ4n) is 2.68. The highest BCUT2D eigenvalue weighted by Crippen LogP contribution is 2.35. The average Bonchev–Trinajstić information content (AvgIpc) is 3.16. The number of thiazole rings is 1. The Balaban J connectivity index is 2.10. The van der Waals surface area contributed by atoms with E-state index in [0.29, 0.717) is 18.7 Å². The van der Waals surface area contributed by atoms with E-state index in [1.165, 1.54) is 22.3 Å². The first-order valence-electron chi connectivity index (χ1n) is 8.76. The molecule has 1 saturated heterocycles. The average molecular weight is 434 g/mol. The Kier molecular flexibility index (Phi) is 7.57. The number of aromatic nitrogens is 1. The van der Waals surface area contributed by atoms with Gasteiger partial charge in [-0.2, -0.15) is 13.9 Å². The van der Waals surface area contributed by atoms with Gasteiger partial charge in [0.25, 0.3) is 10.1 Å². The minimum Gasteiger partial charge on any atom is -0.445 e. The summed E-state index contributed by atoms with van der Waals surface area (Å²) < 4.78 is 33.2. The number of rotatable bonds is 8. The lowest BCUT2D eigenvalue weighted by atomic mass is 10.1. The van der Waals surface area contributed by atoms with Gasteiger partial charge in [-0.25, -0.2) is 9.78 Å². The molecule has 0 bridgehead atoms. The predicted octanol–water partition coefficient (Wildman–Crippen LogP) is 2.38. The van der Waals surface area contributed by atoms with Crippen LogP contribution < -0.4 is 5.48 Å². The van der Waals surface area contributed by atoms with E-state index in [1.54, 1.807) is 0 Å². The molecule has 0 unspecified atom stereocenters. The fraction of sp³-hybridized carbons (Fsp3) is 0.647. The first-order valence-corrected chi connectivity index (χ1v) is 11.5. The third kappa shape index (κ3) is 7.13. The summed E-state index contributed by atoms with van der Waals surface area (Å²) in [6.45, 7) is 9.90. The van der Waals surface area contributed by atoms with Crippen molar-refractivity contribution in [1.29, 1.82) is 0 Å². The molecule has 1 fully saturated rings. The Morgan fingerprint density at radius 2 is 2.21 bits per heavy atom. The van der Waals surface area contributed by atoms with Gasteiger partial charge < -0.3 is 4.74 Å². The van der Waals surface area contributed by atoms with Gasteiger partial charge in [-0.3, -0.25) is 13.9 Å². The summed E-state index contributed by atoms with van der Waals surface area (Å²) >= 11 is 1.43. The van der Waals surface area contributed by atoms with Crippen molar-refractivity contribution < 1.29 is 27.0 Å². The molecule has 0 saturated carbocycles. The Morgan fingerprint density at radius 3 is 2.82 bits per heavy atom. The number of nitrogens with zero attached hydrogens (tertiary/aromatic N) is 2. The number of likely N-dealkylation sites (tertiary alicyclic amines) is 1. The van der Waals surface area contributed by atoms with E-state index < -0.39 is 28.4 Å². The maximum atomic E-state index is 12.4. The van der Waals surface area contributed by atoms with Crippen LogP contribution in [-0.4, -0.2) is 55.5 Å². The Hall–Kier alpha value is -1.53. The van der Waals surface area contributed by atoms with E-state index in [-0.39, 0.29) is 18.8 Å². The van der Waals surface area contributed by atoms with Crippen LogP contribution in [0.1, 0.15) is 43.9 Å². The lowest BCUT2D eigenvalue weighted by Gasteiger charge is -2.22. The smallest absolute Gasteiger partial charge is 0.410 e. The van der Waals surface area contributed by atoms with Crippen molar-refractivity contribution in [2.24, 2.45) is 0 Å². The molecule has 0 spiro atoms. The lowest BCUT2D eigenvalue weighted by Crippen LogP contribution is -2.33. The number of nitrogens with one attached hydrogen (secondary N) is 1. The van der Waals surface area contributed by atoms with Gasteiger partial charge in [0.1, 0.15) is 11.6 Å². The maximum Gasteiger partial charge on any atom is 0.410 e. The van der Waals surface area contributed by atoms with Gasteiger partial charge in [-0.05, 0) is 20.8 Å². The third-order valence-electron chi connectivity index (χ3n) is 3.65. The van der Waals surface area contributed by atoms with Crippen LogP contribution in [0.4, 0.5) is 4.79 Å². The van der Waals surface area contributed by atoms with Gasteiger partial charge in [0, 0.05) is 11.8 Å². The zero-order valence-corrected chi connectivity index (χ0v) is 18.1. The fourth-order valence-corrected chi connectivity index (χ4v) is 4.08. The number of hydroxylamine groups is 1. The van der Waals surface area contributed by atoms with E-state index in [9.17, 15) is 13.2 Å². The van der Waals surface area contributed by atoms with Gasteiger partial charge >= 0.3 is 6.09 Å². The van der Waals surface area contributed by atoms with E-state index in [1.807, 2.05) is 26.2 Å². The minimum atomic E-state index is -3.64. The summed E-state index contributed by atoms with van der Waals surface area (Å²) in [5.41, 5.74) is 3.21. The number of carbonyl (C=O) groups is 1. The largest absolute Gasteiger partial charge is 0.445 e. The summed E-state index contributed by atoms with van der Waals surface area (Å²) in [5.74, 6) is 0. The van der Waals surface area contributed by atoms with Crippen LogP contribution in [0.15, 0.2) is 18.0 Å². The van der Waals surface area contributed by atoms with Crippen LogP contribution in [0, 0.1) is 0 Å². The standard InChI is InChI=1S/C17H27N3O6S2/c1-6-7-24-16(21)20-10-12(25-28(5,22)23)8-14(20)13-11-27-15(19-13)9-18-26-17(2,3)4/h6,11-12,14,18H,1,7-10H2,2-5H3/t12-,14+/m1/s1. The van der Waals surface area contributed by atoms with E-state index >= 15 is 0 Å². The first-order chi connectivity index (χ1) is 13.0.